The number of carbonyl (C=O) groups excluding carboxylic acids is 1. The summed E-state index contributed by atoms with van der Waals surface area (Å²) in [4.78, 5) is 18.4. The second-order valence-electron chi connectivity index (χ2n) is 5.53. The highest BCUT2D eigenvalue weighted by atomic mass is 16.5. The van der Waals surface area contributed by atoms with Crippen LogP contribution >= 0.6 is 0 Å². The quantitative estimate of drug-likeness (QED) is 0.875. The Morgan fingerprint density at radius 2 is 2.33 bits per heavy atom. The second-order valence-corrected chi connectivity index (χ2v) is 5.53. The number of hydrogen-bond acceptors (Lipinski definition) is 4. The zero-order chi connectivity index (χ0) is 15.1. The van der Waals surface area contributed by atoms with Crippen LogP contribution in [0.25, 0.3) is 0 Å². The monoisotopic (exact) mass is 291 g/mol. The van der Waals surface area contributed by atoms with Crippen molar-refractivity contribution in [3.63, 3.8) is 0 Å². The minimum atomic E-state index is -0.00119. The lowest BCUT2D eigenvalue weighted by Crippen LogP contribution is -2.37. The lowest BCUT2D eigenvalue weighted by atomic mass is 10.1. The fourth-order valence-electron chi connectivity index (χ4n) is 2.44. The Morgan fingerprint density at radius 3 is 2.95 bits per heavy atom. The molecule has 1 N–H and O–H groups in total. The van der Waals surface area contributed by atoms with Crippen LogP contribution in [0.3, 0.4) is 0 Å². The standard InChI is InChI=1S/C16H25N3O2/c1-3-9-17-15-8-7-13(11-18-15)16(20)19(2)12-14-6-4-5-10-21-14/h7-8,11,14H,3-6,9-10,12H2,1-2H3,(H,17,18). The molecule has 0 radical (unpaired) electrons. The normalized spacial score (nSPS) is 18.3. The highest BCUT2D eigenvalue weighted by Crippen LogP contribution is 2.15. The highest BCUT2D eigenvalue weighted by Gasteiger charge is 2.19. The first kappa shape index (κ1) is 15.8. The summed E-state index contributed by atoms with van der Waals surface area (Å²) < 4.78 is 5.68. The molecule has 0 aliphatic carbocycles. The Bertz CT molecular complexity index is 441. The number of ether oxygens (including phenoxy) is 1. The van der Waals surface area contributed by atoms with Gasteiger partial charge in [-0.05, 0) is 37.8 Å². The molecule has 2 heterocycles. The fourth-order valence-corrected chi connectivity index (χ4v) is 2.44. The second kappa shape index (κ2) is 7.98. The van der Waals surface area contributed by atoms with Crippen molar-refractivity contribution in [2.75, 3.05) is 32.1 Å². The molecule has 1 fully saturated rings. The molecule has 0 spiro atoms. The van der Waals surface area contributed by atoms with Crippen LogP contribution in [-0.4, -0.2) is 48.6 Å². The molecule has 1 unspecified atom stereocenters. The van der Waals surface area contributed by atoms with Crippen molar-refractivity contribution < 1.29 is 9.53 Å². The van der Waals surface area contributed by atoms with Gasteiger partial charge in [-0.3, -0.25) is 4.79 Å². The van der Waals surface area contributed by atoms with Gasteiger partial charge in [-0.2, -0.15) is 0 Å². The Kier molecular flexibility index (Phi) is 5.99. The maximum atomic E-state index is 12.4. The molecule has 1 atom stereocenters. The van der Waals surface area contributed by atoms with Crippen molar-refractivity contribution in [3.05, 3.63) is 23.9 Å². The summed E-state index contributed by atoms with van der Waals surface area (Å²) in [7, 11) is 1.82. The first-order valence-corrected chi connectivity index (χ1v) is 7.77. The number of rotatable bonds is 6. The Balaban J connectivity index is 1.88. The van der Waals surface area contributed by atoms with Gasteiger partial charge in [0, 0.05) is 32.9 Å². The lowest BCUT2D eigenvalue weighted by Gasteiger charge is -2.27. The van der Waals surface area contributed by atoms with Gasteiger partial charge in [0.15, 0.2) is 0 Å². The Hall–Kier alpha value is -1.62. The van der Waals surface area contributed by atoms with Crippen LogP contribution < -0.4 is 5.32 Å². The van der Waals surface area contributed by atoms with E-state index >= 15 is 0 Å². The van der Waals surface area contributed by atoms with Crippen molar-refractivity contribution in [2.45, 2.75) is 38.7 Å². The highest BCUT2D eigenvalue weighted by molar-refractivity contribution is 5.93. The average Bonchev–Trinajstić information content (AvgIpc) is 2.53. The number of carbonyl (C=O) groups is 1. The van der Waals surface area contributed by atoms with E-state index in [0.717, 1.165) is 38.2 Å². The van der Waals surface area contributed by atoms with Crippen LogP contribution in [0.1, 0.15) is 43.0 Å². The molecule has 116 valence electrons. The molecular weight excluding hydrogens is 266 g/mol. The zero-order valence-electron chi connectivity index (χ0n) is 13.0. The van der Waals surface area contributed by atoms with E-state index in [2.05, 4.69) is 17.2 Å². The third-order valence-electron chi connectivity index (χ3n) is 3.66. The van der Waals surface area contributed by atoms with E-state index in [-0.39, 0.29) is 12.0 Å². The topological polar surface area (TPSA) is 54.5 Å². The van der Waals surface area contributed by atoms with Crippen LogP contribution in [-0.2, 0) is 4.74 Å². The van der Waals surface area contributed by atoms with Gasteiger partial charge in [-0.1, -0.05) is 6.92 Å². The van der Waals surface area contributed by atoms with Gasteiger partial charge in [0.1, 0.15) is 5.82 Å². The van der Waals surface area contributed by atoms with E-state index in [1.54, 1.807) is 11.1 Å². The summed E-state index contributed by atoms with van der Waals surface area (Å²) in [5, 5.41) is 3.20. The maximum Gasteiger partial charge on any atom is 0.255 e. The Morgan fingerprint density at radius 1 is 1.48 bits per heavy atom. The minimum absolute atomic E-state index is 0.00119. The van der Waals surface area contributed by atoms with E-state index in [4.69, 9.17) is 4.74 Å². The summed E-state index contributed by atoms with van der Waals surface area (Å²) >= 11 is 0. The molecule has 1 saturated heterocycles. The molecular formula is C16H25N3O2. The molecule has 21 heavy (non-hydrogen) atoms. The van der Waals surface area contributed by atoms with Gasteiger partial charge in [-0.15, -0.1) is 0 Å². The largest absolute Gasteiger partial charge is 0.376 e. The number of aromatic nitrogens is 1. The number of nitrogens with one attached hydrogen (secondary N) is 1. The molecule has 5 nitrogen and oxygen atoms in total. The average molecular weight is 291 g/mol. The van der Waals surface area contributed by atoms with E-state index < -0.39 is 0 Å². The number of amides is 1. The maximum absolute atomic E-state index is 12.4. The van der Waals surface area contributed by atoms with Crippen molar-refractivity contribution in [1.29, 1.82) is 0 Å². The minimum Gasteiger partial charge on any atom is -0.376 e. The molecule has 1 aromatic heterocycles. The van der Waals surface area contributed by atoms with Crippen LogP contribution in [0.5, 0.6) is 0 Å². The van der Waals surface area contributed by atoms with Crippen molar-refractivity contribution in [3.8, 4) is 0 Å². The predicted octanol–water partition coefficient (Wildman–Crippen LogP) is 2.54. The third kappa shape index (κ3) is 4.70. The predicted molar refractivity (Wildman–Crippen MR) is 83.6 cm³/mol. The van der Waals surface area contributed by atoms with Gasteiger partial charge in [0.25, 0.3) is 5.91 Å². The molecule has 1 aromatic rings. The zero-order valence-corrected chi connectivity index (χ0v) is 13.0. The van der Waals surface area contributed by atoms with Crippen LogP contribution in [0, 0.1) is 0 Å². The molecule has 0 saturated carbocycles. The third-order valence-corrected chi connectivity index (χ3v) is 3.66. The summed E-state index contributed by atoms with van der Waals surface area (Å²) in [5.41, 5.74) is 0.621. The SMILES string of the molecule is CCCNc1ccc(C(=O)N(C)CC2CCCCO2)cn1. The van der Waals surface area contributed by atoms with Crippen molar-refractivity contribution in [1.82, 2.24) is 9.88 Å². The van der Waals surface area contributed by atoms with Crippen molar-refractivity contribution in [2.24, 2.45) is 0 Å². The van der Waals surface area contributed by atoms with Crippen LogP contribution in [0.15, 0.2) is 18.3 Å². The smallest absolute Gasteiger partial charge is 0.255 e. The molecule has 1 aliphatic rings. The van der Waals surface area contributed by atoms with Crippen molar-refractivity contribution >= 4 is 11.7 Å². The molecule has 0 bridgehead atoms. The molecule has 1 aliphatic heterocycles. The molecule has 1 amide bonds. The lowest BCUT2D eigenvalue weighted by molar-refractivity contribution is -0.000194. The number of hydrogen-bond donors (Lipinski definition) is 1. The molecule has 2 rings (SSSR count). The Labute approximate surface area is 126 Å². The van der Waals surface area contributed by atoms with Crippen LogP contribution in [0.4, 0.5) is 5.82 Å². The first-order chi connectivity index (χ1) is 10.2. The number of anilines is 1. The summed E-state index contributed by atoms with van der Waals surface area (Å²) in [5.74, 6) is 0.811. The number of likely N-dealkylation sites (N-methyl/N-ethyl adjacent to an activating group) is 1. The summed E-state index contributed by atoms with van der Waals surface area (Å²) in [6, 6.07) is 3.68. The van der Waals surface area contributed by atoms with E-state index in [1.807, 2.05) is 19.2 Å². The van der Waals surface area contributed by atoms with Gasteiger partial charge in [0.2, 0.25) is 0 Å². The van der Waals surface area contributed by atoms with Gasteiger partial charge < -0.3 is 15.0 Å². The number of nitrogens with zero attached hydrogens (tertiary/aromatic N) is 2. The van der Waals surface area contributed by atoms with E-state index in [9.17, 15) is 4.79 Å². The van der Waals surface area contributed by atoms with E-state index in [0.29, 0.717) is 12.1 Å². The molecule has 5 heteroatoms. The molecule has 0 aromatic carbocycles. The summed E-state index contributed by atoms with van der Waals surface area (Å²) in [6.07, 6.45) is 6.21. The number of pyridine rings is 1. The summed E-state index contributed by atoms with van der Waals surface area (Å²) in [6.45, 7) is 4.45. The fraction of sp³-hybridized carbons (Fsp3) is 0.625. The van der Waals surface area contributed by atoms with Gasteiger partial charge in [0.05, 0.1) is 11.7 Å². The first-order valence-electron chi connectivity index (χ1n) is 7.77. The van der Waals surface area contributed by atoms with Crippen LogP contribution in [0.2, 0.25) is 0 Å². The van der Waals surface area contributed by atoms with Gasteiger partial charge in [-0.25, -0.2) is 4.98 Å². The van der Waals surface area contributed by atoms with E-state index in [1.165, 1.54) is 6.42 Å². The van der Waals surface area contributed by atoms with Gasteiger partial charge >= 0.3 is 0 Å².